The van der Waals surface area contributed by atoms with Crippen LogP contribution in [0, 0.1) is 11.3 Å². The summed E-state index contributed by atoms with van der Waals surface area (Å²) in [5, 5.41) is 12.5. The minimum Gasteiger partial charge on any atom is -0.489 e. The Labute approximate surface area is 226 Å². The van der Waals surface area contributed by atoms with Gasteiger partial charge in [-0.05, 0) is 67.1 Å². The lowest BCUT2D eigenvalue weighted by atomic mass is 9.83. The first kappa shape index (κ1) is 24.9. The number of carbonyl (C=O) groups is 3. The molecule has 1 aliphatic carbocycles. The van der Waals surface area contributed by atoms with Gasteiger partial charge in [0.25, 0.3) is 5.91 Å². The zero-order valence-corrected chi connectivity index (χ0v) is 21.7. The first-order valence-electron chi connectivity index (χ1n) is 13.3. The number of ether oxygens (including phenoxy) is 1. The van der Waals surface area contributed by atoms with Gasteiger partial charge in [0.15, 0.2) is 0 Å². The van der Waals surface area contributed by atoms with Crippen LogP contribution >= 0.6 is 11.6 Å². The van der Waals surface area contributed by atoms with Crippen molar-refractivity contribution < 1.29 is 19.1 Å². The molecule has 2 aromatic rings. The van der Waals surface area contributed by atoms with Crippen LogP contribution in [-0.4, -0.2) is 58.8 Å². The van der Waals surface area contributed by atoms with Crippen molar-refractivity contribution >= 4 is 29.3 Å². The van der Waals surface area contributed by atoms with Gasteiger partial charge in [-0.2, -0.15) is 5.26 Å². The summed E-state index contributed by atoms with van der Waals surface area (Å²) in [6.07, 6.45) is 4.94. The van der Waals surface area contributed by atoms with Gasteiger partial charge in [-0.15, -0.1) is 0 Å². The third-order valence-corrected chi connectivity index (χ3v) is 8.64. The van der Waals surface area contributed by atoms with E-state index in [2.05, 4.69) is 16.3 Å². The molecule has 1 N–H and O–H groups in total. The minimum absolute atomic E-state index is 0.0479. The molecule has 3 atom stereocenters. The number of fused-ring (bicyclic) bond motifs is 1. The summed E-state index contributed by atoms with van der Waals surface area (Å²) in [5.74, 6) is 0.175. The molecule has 6 rings (SSSR count). The lowest BCUT2D eigenvalue weighted by Crippen LogP contribution is -2.57. The number of amides is 3. The minimum atomic E-state index is -0.624. The zero-order valence-electron chi connectivity index (χ0n) is 21.0. The molecule has 2 aromatic carbocycles. The van der Waals surface area contributed by atoms with Crippen LogP contribution in [0.25, 0.3) is 0 Å². The van der Waals surface area contributed by atoms with Crippen molar-refractivity contribution in [2.75, 3.05) is 13.1 Å². The molecular formula is C29H29ClN4O4. The van der Waals surface area contributed by atoms with Gasteiger partial charge >= 0.3 is 0 Å². The Kier molecular flexibility index (Phi) is 6.58. The second kappa shape index (κ2) is 10.0. The van der Waals surface area contributed by atoms with Gasteiger partial charge < -0.3 is 9.64 Å². The number of benzene rings is 2. The molecule has 3 amide bonds. The van der Waals surface area contributed by atoms with Crippen molar-refractivity contribution in [1.82, 2.24) is 15.1 Å². The van der Waals surface area contributed by atoms with E-state index in [4.69, 9.17) is 16.3 Å². The summed E-state index contributed by atoms with van der Waals surface area (Å²) < 4.78 is 6.54. The number of rotatable bonds is 5. The predicted octanol–water partition coefficient (Wildman–Crippen LogP) is 3.76. The average molecular weight is 533 g/mol. The molecule has 2 unspecified atom stereocenters. The van der Waals surface area contributed by atoms with Crippen molar-refractivity contribution in [2.45, 2.75) is 69.2 Å². The number of likely N-dealkylation sites (tertiary alicyclic amines) is 1. The van der Waals surface area contributed by atoms with Crippen LogP contribution in [0.4, 0.5) is 0 Å². The average Bonchev–Trinajstić information content (AvgIpc) is 3.20. The standard InChI is InChI=1S/C29H29ClN4O4/c30-20-5-7-22(17(11-20)13-31)19-14-33(15-19)24-3-1-2-4-26(24)38-21-6-8-23-18(12-21)16-34(29(23)37)25-9-10-27(35)32-28(25)36/h5-8,11-12,19,24-26H,1-4,9-10,14-16H2,(H,32,35,36)/t24-,25?,26?/m0/s1. The molecule has 38 heavy (non-hydrogen) atoms. The molecule has 196 valence electrons. The van der Waals surface area contributed by atoms with Crippen LogP contribution in [0.1, 0.15) is 71.5 Å². The molecule has 8 nitrogen and oxygen atoms in total. The molecule has 3 aliphatic heterocycles. The Hall–Kier alpha value is -3.41. The molecule has 0 bridgehead atoms. The molecule has 4 aliphatic rings. The summed E-state index contributed by atoms with van der Waals surface area (Å²) in [6.45, 7) is 2.11. The van der Waals surface area contributed by atoms with Gasteiger partial charge in [-0.1, -0.05) is 24.1 Å². The quantitative estimate of drug-likeness (QED) is 0.588. The van der Waals surface area contributed by atoms with E-state index < -0.39 is 11.9 Å². The number of imide groups is 1. The largest absolute Gasteiger partial charge is 0.489 e. The van der Waals surface area contributed by atoms with E-state index in [1.54, 1.807) is 17.0 Å². The van der Waals surface area contributed by atoms with E-state index >= 15 is 0 Å². The smallest absolute Gasteiger partial charge is 0.255 e. The van der Waals surface area contributed by atoms with Crippen LogP contribution in [0.3, 0.4) is 0 Å². The van der Waals surface area contributed by atoms with Crippen LogP contribution in [-0.2, 0) is 16.1 Å². The van der Waals surface area contributed by atoms with Gasteiger partial charge in [0.2, 0.25) is 11.8 Å². The first-order valence-corrected chi connectivity index (χ1v) is 13.7. The molecule has 0 radical (unpaired) electrons. The number of halogens is 1. The normalized spacial score (nSPS) is 25.9. The van der Waals surface area contributed by atoms with Gasteiger partial charge in [0.05, 0.1) is 11.6 Å². The first-order chi connectivity index (χ1) is 18.4. The number of nitrogens with zero attached hydrogens (tertiary/aromatic N) is 3. The fourth-order valence-corrected chi connectivity index (χ4v) is 6.56. The Bertz CT molecular complexity index is 1350. The number of hydrogen-bond acceptors (Lipinski definition) is 6. The lowest BCUT2D eigenvalue weighted by molar-refractivity contribution is -0.136. The lowest BCUT2D eigenvalue weighted by Gasteiger charge is -2.48. The SMILES string of the molecule is N#Cc1cc(Cl)ccc1C1CN([C@H]2CCCCC2Oc2ccc3c(c2)CN(C2CCC(=O)NC2=O)C3=O)C1. The topological polar surface area (TPSA) is 103 Å². The molecule has 3 fully saturated rings. The molecule has 9 heteroatoms. The van der Waals surface area contributed by atoms with Crippen LogP contribution in [0.5, 0.6) is 5.75 Å². The number of hydrogen-bond donors (Lipinski definition) is 1. The van der Waals surface area contributed by atoms with Crippen LogP contribution in [0.2, 0.25) is 5.02 Å². The number of carbonyl (C=O) groups excluding carboxylic acids is 3. The molecule has 0 spiro atoms. The van der Waals surface area contributed by atoms with Crippen molar-refractivity contribution in [3.8, 4) is 11.8 Å². The predicted molar refractivity (Wildman–Crippen MR) is 140 cm³/mol. The van der Waals surface area contributed by atoms with E-state index in [9.17, 15) is 19.6 Å². The second-order valence-electron chi connectivity index (χ2n) is 10.7. The highest BCUT2D eigenvalue weighted by molar-refractivity contribution is 6.30. The fraction of sp³-hybridized carbons (Fsp3) is 0.448. The number of nitriles is 1. The highest BCUT2D eigenvalue weighted by atomic mass is 35.5. The van der Waals surface area contributed by atoms with Crippen molar-refractivity contribution in [3.05, 3.63) is 63.7 Å². The third kappa shape index (κ3) is 4.55. The van der Waals surface area contributed by atoms with Crippen LogP contribution < -0.4 is 10.1 Å². The Morgan fingerprint density at radius 3 is 2.63 bits per heavy atom. The van der Waals surface area contributed by atoms with Gasteiger partial charge in [0, 0.05) is 48.6 Å². The summed E-state index contributed by atoms with van der Waals surface area (Å²) in [7, 11) is 0. The van der Waals surface area contributed by atoms with Crippen molar-refractivity contribution in [2.24, 2.45) is 0 Å². The van der Waals surface area contributed by atoms with E-state index in [0.29, 0.717) is 41.1 Å². The second-order valence-corrected chi connectivity index (χ2v) is 11.2. The molecule has 3 heterocycles. The maximum absolute atomic E-state index is 13.0. The molecular weight excluding hydrogens is 504 g/mol. The number of nitrogens with one attached hydrogen (secondary N) is 1. The Balaban J connectivity index is 1.12. The summed E-state index contributed by atoms with van der Waals surface area (Å²) >= 11 is 6.08. The van der Waals surface area contributed by atoms with E-state index in [1.807, 2.05) is 24.3 Å². The Morgan fingerprint density at radius 1 is 1.03 bits per heavy atom. The van der Waals surface area contributed by atoms with Gasteiger partial charge in [-0.25, -0.2) is 0 Å². The summed E-state index contributed by atoms with van der Waals surface area (Å²) in [4.78, 5) is 40.9. The van der Waals surface area contributed by atoms with Crippen molar-refractivity contribution in [1.29, 1.82) is 5.26 Å². The maximum Gasteiger partial charge on any atom is 0.255 e. The fourth-order valence-electron chi connectivity index (χ4n) is 6.39. The zero-order chi connectivity index (χ0) is 26.4. The maximum atomic E-state index is 13.0. The van der Waals surface area contributed by atoms with Crippen molar-refractivity contribution in [3.63, 3.8) is 0 Å². The van der Waals surface area contributed by atoms with Gasteiger partial charge in [-0.3, -0.25) is 24.6 Å². The monoisotopic (exact) mass is 532 g/mol. The molecule has 2 saturated heterocycles. The van der Waals surface area contributed by atoms with E-state index in [0.717, 1.165) is 55.6 Å². The summed E-state index contributed by atoms with van der Waals surface area (Å²) in [5.41, 5.74) is 3.15. The van der Waals surface area contributed by atoms with Gasteiger partial charge in [0.1, 0.15) is 17.9 Å². The van der Waals surface area contributed by atoms with E-state index in [1.165, 1.54) is 0 Å². The molecule has 1 saturated carbocycles. The highest BCUT2D eigenvalue weighted by Crippen LogP contribution is 2.38. The highest BCUT2D eigenvalue weighted by Gasteiger charge is 2.41. The Morgan fingerprint density at radius 2 is 1.84 bits per heavy atom. The third-order valence-electron chi connectivity index (χ3n) is 8.40. The number of piperidine rings is 1. The molecule has 0 aromatic heterocycles. The summed E-state index contributed by atoms with van der Waals surface area (Å²) in [6, 6.07) is 13.1. The van der Waals surface area contributed by atoms with Crippen LogP contribution in [0.15, 0.2) is 36.4 Å². The van der Waals surface area contributed by atoms with E-state index in [-0.39, 0.29) is 24.3 Å².